The number of halogens is 2. The minimum Gasteiger partial charge on any atom is -0.489 e. The van der Waals surface area contributed by atoms with Crippen molar-refractivity contribution in [3.8, 4) is 5.75 Å². The Bertz CT molecular complexity index is 655. The number of aryl methyl sites for hydroxylation is 1. The molecule has 2 aromatic carbocycles. The standard InChI is InChI=1S/C17H16Cl2O2/c18-13-6-4-12(16(19)8-13)10-21-14-7-5-11-2-1-3-17(20)15(11)9-14/h4-9,17,20H,1-3,10H2/t17-/m0/s1. The van der Waals surface area contributed by atoms with Crippen LogP contribution in [0.3, 0.4) is 0 Å². The summed E-state index contributed by atoms with van der Waals surface area (Å²) < 4.78 is 5.79. The van der Waals surface area contributed by atoms with E-state index in [1.807, 2.05) is 24.3 Å². The van der Waals surface area contributed by atoms with Crippen molar-refractivity contribution in [3.05, 3.63) is 63.1 Å². The van der Waals surface area contributed by atoms with Gasteiger partial charge >= 0.3 is 0 Å². The SMILES string of the molecule is O[C@H]1CCCc2ccc(OCc3ccc(Cl)cc3Cl)cc21. The van der Waals surface area contributed by atoms with Crippen LogP contribution in [0, 0.1) is 0 Å². The Kier molecular flexibility index (Phi) is 4.39. The van der Waals surface area contributed by atoms with Crippen molar-refractivity contribution < 1.29 is 9.84 Å². The highest BCUT2D eigenvalue weighted by Crippen LogP contribution is 2.32. The molecule has 1 atom stereocenters. The minimum absolute atomic E-state index is 0.378. The molecule has 0 radical (unpaired) electrons. The third-order valence-electron chi connectivity index (χ3n) is 3.81. The molecule has 1 N–H and O–H groups in total. The Morgan fingerprint density at radius 1 is 1.14 bits per heavy atom. The molecule has 2 aromatic rings. The zero-order valence-electron chi connectivity index (χ0n) is 11.5. The normalized spacial score (nSPS) is 17.4. The molecule has 0 fully saturated rings. The lowest BCUT2D eigenvalue weighted by Gasteiger charge is -2.22. The molecular weight excluding hydrogens is 307 g/mol. The molecule has 0 unspecified atom stereocenters. The number of ether oxygens (including phenoxy) is 1. The maximum atomic E-state index is 10.1. The zero-order chi connectivity index (χ0) is 14.8. The lowest BCUT2D eigenvalue weighted by molar-refractivity contribution is 0.156. The highest BCUT2D eigenvalue weighted by molar-refractivity contribution is 6.35. The van der Waals surface area contributed by atoms with Gasteiger partial charge in [-0.3, -0.25) is 0 Å². The first-order chi connectivity index (χ1) is 10.1. The van der Waals surface area contributed by atoms with Crippen LogP contribution in [0.1, 0.15) is 35.6 Å². The number of hydrogen-bond acceptors (Lipinski definition) is 2. The van der Waals surface area contributed by atoms with Crippen LogP contribution in [0.25, 0.3) is 0 Å². The van der Waals surface area contributed by atoms with Crippen LogP contribution in [0.5, 0.6) is 5.75 Å². The van der Waals surface area contributed by atoms with E-state index in [1.54, 1.807) is 12.1 Å². The first kappa shape index (κ1) is 14.7. The highest BCUT2D eigenvalue weighted by atomic mass is 35.5. The fourth-order valence-electron chi connectivity index (χ4n) is 2.64. The average molecular weight is 323 g/mol. The summed E-state index contributed by atoms with van der Waals surface area (Å²) >= 11 is 12.0. The molecule has 3 rings (SSSR count). The summed E-state index contributed by atoms with van der Waals surface area (Å²) in [6, 6.07) is 11.3. The van der Waals surface area contributed by atoms with E-state index in [2.05, 4.69) is 0 Å². The molecule has 0 bridgehead atoms. The van der Waals surface area contributed by atoms with Crippen LogP contribution in [-0.2, 0) is 13.0 Å². The fourth-order valence-corrected chi connectivity index (χ4v) is 3.10. The lowest BCUT2D eigenvalue weighted by atomic mass is 9.89. The van der Waals surface area contributed by atoms with E-state index in [4.69, 9.17) is 27.9 Å². The Morgan fingerprint density at radius 3 is 2.81 bits per heavy atom. The van der Waals surface area contributed by atoms with Crippen molar-refractivity contribution in [1.29, 1.82) is 0 Å². The van der Waals surface area contributed by atoms with Crippen molar-refractivity contribution in [2.45, 2.75) is 32.0 Å². The van der Waals surface area contributed by atoms with Gasteiger partial charge in [-0.1, -0.05) is 35.3 Å². The number of aliphatic hydroxyl groups is 1. The van der Waals surface area contributed by atoms with E-state index in [0.29, 0.717) is 16.7 Å². The van der Waals surface area contributed by atoms with Crippen LogP contribution in [-0.4, -0.2) is 5.11 Å². The molecule has 0 spiro atoms. The van der Waals surface area contributed by atoms with Crippen molar-refractivity contribution in [3.63, 3.8) is 0 Å². The molecule has 110 valence electrons. The lowest BCUT2D eigenvalue weighted by Crippen LogP contribution is -2.09. The second-order valence-corrected chi connectivity index (χ2v) is 6.14. The second kappa shape index (κ2) is 6.27. The van der Waals surface area contributed by atoms with Gasteiger partial charge in [0, 0.05) is 15.6 Å². The fraction of sp³-hybridized carbons (Fsp3) is 0.294. The maximum absolute atomic E-state index is 10.1. The van der Waals surface area contributed by atoms with E-state index in [0.717, 1.165) is 36.1 Å². The van der Waals surface area contributed by atoms with Gasteiger partial charge in [-0.2, -0.15) is 0 Å². The van der Waals surface area contributed by atoms with Crippen molar-refractivity contribution in [1.82, 2.24) is 0 Å². The molecule has 1 aliphatic carbocycles. The first-order valence-electron chi connectivity index (χ1n) is 7.01. The number of rotatable bonds is 3. The quantitative estimate of drug-likeness (QED) is 0.867. The smallest absolute Gasteiger partial charge is 0.120 e. The number of fused-ring (bicyclic) bond motifs is 1. The number of aliphatic hydroxyl groups excluding tert-OH is 1. The molecule has 0 aromatic heterocycles. The van der Waals surface area contributed by atoms with Crippen molar-refractivity contribution >= 4 is 23.2 Å². The van der Waals surface area contributed by atoms with Crippen LogP contribution >= 0.6 is 23.2 Å². The summed E-state index contributed by atoms with van der Waals surface area (Å²) in [6.07, 6.45) is 2.50. The van der Waals surface area contributed by atoms with Gasteiger partial charge in [-0.25, -0.2) is 0 Å². The van der Waals surface area contributed by atoms with Gasteiger partial charge in [0.2, 0.25) is 0 Å². The largest absolute Gasteiger partial charge is 0.489 e. The topological polar surface area (TPSA) is 29.5 Å². The van der Waals surface area contributed by atoms with Gasteiger partial charge in [0.15, 0.2) is 0 Å². The number of benzene rings is 2. The molecule has 4 heteroatoms. The van der Waals surface area contributed by atoms with E-state index in [9.17, 15) is 5.11 Å². The molecule has 0 saturated heterocycles. The predicted molar refractivity (Wildman–Crippen MR) is 85.1 cm³/mol. The van der Waals surface area contributed by atoms with Crippen LogP contribution in [0.15, 0.2) is 36.4 Å². The second-order valence-electron chi connectivity index (χ2n) is 5.29. The Labute approximate surface area is 134 Å². The van der Waals surface area contributed by atoms with E-state index in [-0.39, 0.29) is 6.10 Å². The minimum atomic E-state index is -0.378. The third-order valence-corrected chi connectivity index (χ3v) is 4.40. The summed E-state index contributed by atoms with van der Waals surface area (Å²) in [5.74, 6) is 0.751. The van der Waals surface area contributed by atoms with E-state index in [1.165, 1.54) is 5.56 Å². The molecule has 2 nitrogen and oxygen atoms in total. The Balaban J connectivity index is 1.75. The molecule has 0 saturated carbocycles. The van der Waals surface area contributed by atoms with Crippen LogP contribution < -0.4 is 4.74 Å². The molecule has 1 aliphatic rings. The Hall–Kier alpha value is -1.22. The zero-order valence-corrected chi connectivity index (χ0v) is 13.0. The van der Waals surface area contributed by atoms with Gasteiger partial charge in [0.25, 0.3) is 0 Å². The van der Waals surface area contributed by atoms with Gasteiger partial charge < -0.3 is 9.84 Å². The van der Waals surface area contributed by atoms with Gasteiger partial charge in [-0.05, 0) is 54.7 Å². The summed E-state index contributed by atoms with van der Waals surface area (Å²) in [7, 11) is 0. The summed E-state index contributed by atoms with van der Waals surface area (Å²) in [5, 5.41) is 11.3. The average Bonchev–Trinajstić information content (AvgIpc) is 2.47. The number of hydrogen-bond donors (Lipinski definition) is 1. The Morgan fingerprint density at radius 2 is 2.00 bits per heavy atom. The molecule has 0 heterocycles. The molecule has 21 heavy (non-hydrogen) atoms. The maximum Gasteiger partial charge on any atom is 0.120 e. The van der Waals surface area contributed by atoms with Gasteiger partial charge in [0.1, 0.15) is 12.4 Å². The van der Waals surface area contributed by atoms with Crippen LogP contribution in [0.2, 0.25) is 10.0 Å². The highest BCUT2D eigenvalue weighted by Gasteiger charge is 2.18. The van der Waals surface area contributed by atoms with E-state index < -0.39 is 0 Å². The summed E-state index contributed by atoms with van der Waals surface area (Å²) in [6.45, 7) is 0.380. The molecular formula is C17H16Cl2O2. The summed E-state index contributed by atoms with van der Waals surface area (Å²) in [4.78, 5) is 0. The van der Waals surface area contributed by atoms with E-state index >= 15 is 0 Å². The molecule has 0 amide bonds. The van der Waals surface area contributed by atoms with Gasteiger partial charge in [-0.15, -0.1) is 0 Å². The first-order valence-corrected chi connectivity index (χ1v) is 7.76. The molecule has 0 aliphatic heterocycles. The van der Waals surface area contributed by atoms with Crippen LogP contribution in [0.4, 0.5) is 0 Å². The van der Waals surface area contributed by atoms with Crippen molar-refractivity contribution in [2.24, 2.45) is 0 Å². The van der Waals surface area contributed by atoms with Gasteiger partial charge in [0.05, 0.1) is 6.10 Å². The summed E-state index contributed by atoms with van der Waals surface area (Å²) in [5.41, 5.74) is 3.09. The predicted octanol–water partition coefficient (Wildman–Crippen LogP) is 4.94. The third kappa shape index (κ3) is 3.34. The monoisotopic (exact) mass is 322 g/mol. The van der Waals surface area contributed by atoms with Crippen molar-refractivity contribution in [2.75, 3.05) is 0 Å².